The van der Waals surface area contributed by atoms with Crippen molar-refractivity contribution in [3.63, 3.8) is 0 Å². The van der Waals surface area contributed by atoms with Crippen molar-refractivity contribution in [1.29, 1.82) is 0 Å². The molecule has 0 aliphatic rings. The summed E-state index contributed by atoms with van der Waals surface area (Å²) in [5.41, 5.74) is 0. The summed E-state index contributed by atoms with van der Waals surface area (Å²) in [6.07, 6.45) is 0. The van der Waals surface area contributed by atoms with Gasteiger partial charge in [-0.2, -0.15) is 0 Å². The molecule has 0 saturated carbocycles. The van der Waals surface area contributed by atoms with E-state index in [0.29, 0.717) is 0 Å². The SMILES string of the molecule is c1cc2ccc3ccc4ccc5ccc1c1c2c3c4c51.c1cc2ccc3ccc4ccc5ccc6ccc1c1c2c3c4c5c61. The average molecular weight is 551 g/mol. The second-order valence-electron chi connectivity index (χ2n) is 12.8. The molecule has 13 aromatic rings. The Kier molecular flexibility index (Phi) is 3.61. The molecule has 0 aliphatic heterocycles. The molecule has 0 nitrogen and oxygen atoms in total. The highest BCUT2D eigenvalue weighted by atomic mass is 14.2. The van der Waals surface area contributed by atoms with Crippen molar-refractivity contribution in [2.24, 2.45) is 0 Å². The van der Waals surface area contributed by atoms with Gasteiger partial charge in [0.05, 0.1) is 0 Å². The van der Waals surface area contributed by atoms with Crippen LogP contribution in [-0.2, 0) is 0 Å². The first-order valence-corrected chi connectivity index (χ1v) is 15.5. The van der Waals surface area contributed by atoms with Crippen LogP contribution in [0.5, 0.6) is 0 Å². The first kappa shape index (κ1) is 21.9. The first-order valence-electron chi connectivity index (χ1n) is 15.5. The number of hydrogen-bond acceptors (Lipinski definition) is 0. The molecule has 0 aromatic heterocycles. The van der Waals surface area contributed by atoms with E-state index in [2.05, 4.69) is 133 Å². The van der Waals surface area contributed by atoms with Crippen molar-refractivity contribution in [2.45, 2.75) is 0 Å². The van der Waals surface area contributed by atoms with Gasteiger partial charge in [-0.05, 0) is 118 Å². The molecule has 0 amide bonds. The van der Waals surface area contributed by atoms with E-state index >= 15 is 0 Å². The van der Waals surface area contributed by atoms with Gasteiger partial charge in [0.15, 0.2) is 0 Å². The van der Waals surface area contributed by atoms with Crippen molar-refractivity contribution in [1.82, 2.24) is 0 Å². The number of benzene rings is 12. The molecule has 0 fully saturated rings. The van der Waals surface area contributed by atoms with Gasteiger partial charge in [0.2, 0.25) is 0 Å². The Labute approximate surface area is 251 Å². The molecule has 13 rings (SSSR count). The minimum absolute atomic E-state index is 1.35. The lowest BCUT2D eigenvalue weighted by Gasteiger charge is -2.20. The molecular formula is C44H22. The Balaban J connectivity index is 0.000000108. The van der Waals surface area contributed by atoms with Gasteiger partial charge in [-0.15, -0.1) is 0 Å². The zero-order valence-corrected chi connectivity index (χ0v) is 23.7. The van der Waals surface area contributed by atoms with Crippen LogP contribution in [0.25, 0.3) is 118 Å². The Morgan fingerprint density at radius 2 is 0.182 bits per heavy atom. The van der Waals surface area contributed by atoms with Crippen LogP contribution in [0.1, 0.15) is 0 Å². The van der Waals surface area contributed by atoms with E-state index < -0.39 is 0 Å². The molecule has 0 aliphatic carbocycles. The van der Waals surface area contributed by atoms with Crippen LogP contribution in [0, 0.1) is 0 Å². The summed E-state index contributed by atoms with van der Waals surface area (Å²) in [6.45, 7) is 0. The summed E-state index contributed by atoms with van der Waals surface area (Å²) in [5.74, 6) is 0. The van der Waals surface area contributed by atoms with E-state index in [4.69, 9.17) is 0 Å². The quantitative estimate of drug-likeness (QED) is 0.130. The normalized spacial score (nSPS) is 13.0. The fraction of sp³-hybridized carbons (Fsp3) is 0. The number of rotatable bonds is 0. The van der Waals surface area contributed by atoms with E-state index in [-0.39, 0.29) is 0 Å². The highest BCUT2D eigenvalue weighted by Gasteiger charge is 2.20. The Morgan fingerprint density at radius 3 is 0.250 bits per heavy atom. The average Bonchev–Trinajstić information content (AvgIpc) is 3.46. The first-order chi connectivity index (χ1) is 21.8. The minimum Gasteiger partial charge on any atom is -0.0537 e. The lowest BCUT2D eigenvalue weighted by atomic mass is 9.83. The monoisotopic (exact) mass is 550 g/mol. The maximum absolute atomic E-state index is 2.27. The standard InChI is InChI=1S/C24H12.C20H10/c1-2-14-5-6-16-9-11-18-12-10-17-8-7-15-4-3-13(1)19-20(14)22(16)24(18)23(17)21(15)19;1-2-12-5-6-14-9-10-15-8-7-13-4-3-11(1)16-17(12)19(14)20(15)18(13)16/h1-12H;1-10H. The molecule has 0 heteroatoms. The summed E-state index contributed by atoms with van der Waals surface area (Å²) in [6, 6.07) is 49.9. The van der Waals surface area contributed by atoms with E-state index in [0.717, 1.165) is 0 Å². The van der Waals surface area contributed by atoms with Gasteiger partial charge in [-0.1, -0.05) is 133 Å². The van der Waals surface area contributed by atoms with Crippen molar-refractivity contribution in [3.05, 3.63) is 133 Å². The maximum atomic E-state index is 2.27. The van der Waals surface area contributed by atoms with Crippen LogP contribution in [0.4, 0.5) is 0 Å². The topological polar surface area (TPSA) is 0 Å². The van der Waals surface area contributed by atoms with Gasteiger partial charge in [-0.25, -0.2) is 0 Å². The van der Waals surface area contributed by atoms with Crippen LogP contribution >= 0.6 is 0 Å². The van der Waals surface area contributed by atoms with Gasteiger partial charge in [0.25, 0.3) is 0 Å². The fourth-order valence-electron chi connectivity index (χ4n) is 8.97. The zero-order chi connectivity index (χ0) is 28.3. The highest BCUT2D eigenvalue weighted by Crippen LogP contribution is 2.49. The maximum Gasteiger partial charge on any atom is -0.00139 e. The lowest BCUT2D eigenvalue weighted by molar-refractivity contribution is 1.80. The Morgan fingerprint density at radius 1 is 0.114 bits per heavy atom. The second-order valence-corrected chi connectivity index (χ2v) is 12.8. The second kappa shape index (κ2) is 7.25. The van der Waals surface area contributed by atoms with Crippen molar-refractivity contribution in [2.75, 3.05) is 0 Å². The van der Waals surface area contributed by atoms with Crippen molar-refractivity contribution < 1.29 is 0 Å². The van der Waals surface area contributed by atoms with Crippen molar-refractivity contribution >= 4 is 118 Å². The van der Waals surface area contributed by atoms with Crippen molar-refractivity contribution in [3.8, 4) is 0 Å². The van der Waals surface area contributed by atoms with Gasteiger partial charge in [0.1, 0.15) is 0 Å². The van der Waals surface area contributed by atoms with Gasteiger partial charge in [-0.3, -0.25) is 0 Å². The van der Waals surface area contributed by atoms with E-state index in [9.17, 15) is 0 Å². The molecule has 0 unspecified atom stereocenters. The zero-order valence-electron chi connectivity index (χ0n) is 23.7. The minimum atomic E-state index is 1.35. The molecule has 0 spiro atoms. The van der Waals surface area contributed by atoms with E-state index in [1.807, 2.05) is 0 Å². The molecular weight excluding hydrogens is 528 g/mol. The van der Waals surface area contributed by atoms with Crippen LogP contribution in [0.3, 0.4) is 0 Å². The smallest absolute Gasteiger partial charge is 0.00139 e. The molecule has 0 N–H and O–H groups in total. The third-order valence-electron chi connectivity index (χ3n) is 10.8. The molecule has 0 radical (unpaired) electrons. The largest absolute Gasteiger partial charge is 0.0537 e. The van der Waals surface area contributed by atoms with Gasteiger partial charge < -0.3 is 0 Å². The summed E-state index contributed by atoms with van der Waals surface area (Å²) >= 11 is 0. The molecule has 0 bridgehead atoms. The van der Waals surface area contributed by atoms with Gasteiger partial charge in [0, 0.05) is 0 Å². The molecule has 0 heterocycles. The van der Waals surface area contributed by atoms with Gasteiger partial charge >= 0.3 is 0 Å². The Hall–Kier alpha value is -5.72. The number of hydrogen-bond donors (Lipinski definition) is 0. The third-order valence-corrected chi connectivity index (χ3v) is 10.8. The van der Waals surface area contributed by atoms with E-state index in [1.54, 1.807) is 0 Å². The lowest BCUT2D eigenvalue weighted by Crippen LogP contribution is -1.91. The summed E-state index contributed by atoms with van der Waals surface area (Å²) < 4.78 is 0. The van der Waals surface area contributed by atoms with Crippen LogP contribution in [-0.4, -0.2) is 0 Å². The van der Waals surface area contributed by atoms with Crippen LogP contribution in [0.2, 0.25) is 0 Å². The third kappa shape index (κ3) is 2.40. The molecule has 0 atom stereocenters. The summed E-state index contributed by atoms with van der Waals surface area (Å²) in [7, 11) is 0. The van der Waals surface area contributed by atoms with E-state index in [1.165, 1.54) is 118 Å². The predicted molar refractivity (Wildman–Crippen MR) is 193 cm³/mol. The van der Waals surface area contributed by atoms with Crippen LogP contribution < -0.4 is 0 Å². The summed E-state index contributed by atoms with van der Waals surface area (Å²) in [5, 5.41) is 30.8. The fourth-order valence-corrected chi connectivity index (χ4v) is 8.97. The molecule has 198 valence electrons. The highest BCUT2D eigenvalue weighted by molar-refractivity contribution is 6.45. The predicted octanol–water partition coefficient (Wildman–Crippen LogP) is 12.7. The Bertz CT molecular complexity index is 2500. The molecule has 44 heavy (non-hydrogen) atoms. The van der Waals surface area contributed by atoms with Crippen LogP contribution in [0.15, 0.2) is 133 Å². The molecule has 13 aromatic carbocycles. The summed E-state index contributed by atoms with van der Waals surface area (Å²) in [4.78, 5) is 0. The molecule has 0 saturated heterocycles.